The van der Waals surface area contributed by atoms with Crippen LogP contribution in [0.1, 0.15) is 22.7 Å². The van der Waals surface area contributed by atoms with Crippen LogP contribution in [-0.2, 0) is 14.3 Å². The van der Waals surface area contributed by atoms with E-state index in [1.807, 2.05) is 19.1 Å². The molecule has 9 heteroatoms. The van der Waals surface area contributed by atoms with E-state index in [4.69, 9.17) is 9.84 Å². The van der Waals surface area contributed by atoms with Gasteiger partial charge in [0.25, 0.3) is 17.4 Å². The number of likely N-dealkylation sites (tertiary alicyclic amines) is 1. The fraction of sp³-hybridized carbons (Fsp3) is 0.273. The van der Waals surface area contributed by atoms with Crippen molar-refractivity contribution in [3.63, 3.8) is 0 Å². The minimum absolute atomic E-state index is 0.0835. The molecule has 1 amide bonds. The highest BCUT2D eigenvalue weighted by molar-refractivity contribution is 6.46. The van der Waals surface area contributed by atoms with E-state index in [1.54, 1.807) is 12.1 Å². The second-order valence-corrected chi connectivity index (χ2v) is 7.04. The standard InChI is InChI=1S/C22H22N2O7/c1-14-2-4-15(5-3-14)19-18(20(26)16-6-8-17(9-7-16)24(29)30)21(27)22(28)23(19)10-12-31-13-11-25/h2-9,19,25-26H,10-13H2,1H3/t19-/m0/s1. The summed E-state index contributed by atoms with van der Waals surface area (Å²) in [5.74, 6) is -2.03. The second-order valence-electron chi connectivity index (χ2n) is 7.04. The Hall–Kier alpha value is -3.56. The van der Waals surface area contributed by atoms with E-state index in [0.717, 1.165) is 5.56 Å². The first-order valence-electron chi connectivity index (χ1n) is 9.63. The molecule has 3 rings (SSSR count). The SMILES string of the molecule is Cc1ccc([C@H]2C(=C(O)c3ccc([N+](=O)[O-])cc3)C(=O)C(=O)N2CCOCCO)cc1. The molecule has 2 N–H and O–H groups in total. The van der Waals surface area contributed by atoms with Gasteiger partial charge in [-0.15, -0.1) is 0 Å². The number of hydrogen-bond acceptors (Lipinski definition) is 7. The molecule has 1 heterocycles. The second kappa shape index (κ2) is 9.50. The molecule has 0 spiro atoms. The van der Waals surface area contributed by atoms with Gasteiger partial charge in [0, 0.05) is 24.2 Å². The number of aliphatic hydroxyl groups excluding tert-OH is 2. The topological polar surface area (TPSA) is 130 Å². The number of nitro groups is 1. The number of Topliss-reactive ketones (excluding diaryl/α,β-unsaturated/α-hetero) is 1. The first-order valence-corrected chi connectivity index (χ1v) is 9.63. The number of aryl methyl sites for hydroxylation is 1. The minimum Gasteiger partial charge on any atom is -0.507 e. The van der Waals surface area contributed by atoms with E-state index in [9.17, 15) is 24.8 Å². The van der Waals surface area contributed by atoms with E-state index < -0.39 is 28.4 Å². The monoisotopic (exact) mass is 426 g/mol. The molecule has 1 aliphatic rings. The van der Waals surface area contributed by atoms with Gasteiger partial charge in [0.1, 0.15) is 5.76 Å². The molecule has 162 valence electrons. The van der Waals surface area contributed by atoms with Crippen molar-refractivity contribution < 1.29 is 29.5 Å². The maximum atomic E-state index is 12.8. The molecule has 2 aromatic carbocycles. The van der Waals surface area contributed by atoms with Crippen LogP contribution in [0.3, 0.4) is 0 Å². The van der Waals surface area contributed by atoms with Gasteiger partial charge in [0.15, 0.2) is 0 Å². The fourth-order valence-corrected chi connectivity index (χ4v) is 3.43. The molecule has 0 aliphatic carbocycles. The summed E-state index contributed by atoms with van der Waals surface area (Å²) in [6.45, 7) is 2.02. The van der Waals surface area contributed by atoms with Gasteiger partial charge in [-0.05, 0) is 24.6 Å². The average Bonchev–Trinajstić information content (AvgIpc) is 3.01. The summed E-state index contributed by atoms with van der Waals surface area (Å²) in [4.78, 5) is 37.2. The molecule has 0 saturated carbocycles. The predicted molar refractivity (Wildman–Crippen MR) is 111 cm³/mol. The number of ether oxygens (including phenoxy) is 1. The Morgan fingerprint density at radius 2 is 1.74 bits per heavy atom. The zero-order valence-electron chi connectivity index (χ0n) is 16.9. The number of nitro benzene ring substituents is 1. The number of amides is 1. The highest BCUT2D eigenvalue weighted by Crippen LogP contribution is 2.39. The molecule has 1 fully saturated rings. The third-order valence-corrected chi connectivity index (χ3v) is 5.00. The van der Waals surface area contributed by atoms with Crippen LogP contribution in [0.25, 0.3) is 5.76 Å². The van der Waals surface area contributed by atoms with Crippen LogP contribution >= 0.6 is 0 Å². The third-order valence-electron chi connectivity index (χ3n) is 5.00. The van der Waals surface area contributed by atoms with E-state index >= 15 is 0 Å². The van der Waals surface area contributed by atoms with Crippen molar-refractivity contribution in [3.05, 3.63) is 80.9 Å². The van der Waals surface area contributed by atoms with Gasteiger partial charge in [-0.1, -0.05) is 29.8 Å². The van der Waals surface area contributed by atoms with Gasteiger partial charge < -0.3 is 19.8 Å². The number of benzene rings is 2. The number of hydrogen-bond donors (Lipinski definition) is 2. The summed E-state index contributed by atoms with van der Waals surface area (Å²) in [7, 11) is 0. The van der Waals surface area contributed by atoms with Crippen molar-refractivity contribution in [1.82, 2.24) is 4.90 Å². The van der Waals surface area contributed by atoms with Crippen LogP contribution in [0.4, 0.5) is 5.69 Å². The first kappa shape index (κ1) is 22.1. The highest BCUT2D eigenvalue weighted by atomic mass is 16.6. The zero-order chi connectivity index (χ0) is 22.5. The quantitative estimate of drug-likeness (QED) is 0.165. The largest absolute Gasteiger partial charge is 0.507 e. The van der Waals surface area contributed by atoms with Gasteiger partial charge in [-0.3, -0.25) is 19.7 Å². The lowest BCUT2D eigenvalue weighted by Crippen LogP contribution is -2.33. The highest BCUT2D eigenvalue weighted by Gasteiger charge is 2.45. The molecule has 0 bridgehead atoms. The van der Waals surface area contributed by atoms with Crippen molar-refractivity contribution in [2.75, 3.05) is 26.4 Å². The van der Waals surface area contributed by atoms with Gasteiger partial charge >= 0.3 is 0 Å². The average molecular weight is 426 g/mol. The smallest absolute Gasteiger partial charge is 0.295 e. The van der Waals surface area contributed by atoms with Crippen molar-refractivity contribution >= 4 is 23.1 Å². The molecular formula is C22H22N2O7. The minimum atomic E-state index is -0.844. The zero-order valence-corrected chi connectivity index (χ0v) is 16.9. The summed E-state index contributed by atoms with van der Waals surface area (Å²) in [5, 5.41) is 30.6. The third kappa shape index (κ3) is 4.62. The molecule has 0 unspecified atom stereocenters. The molecule has 0 aromatic heterocycles. The molecule has 1 aliphatic heterocycles. The Morgan fingerprint density at radius 3 is 2.32 bits per heavy atom. The van der Waals surface area contributed by atoms with Crippen LogP contribution in [-0.4, -0.2) is 58.1 Å². The number of aliphatic hydroxyl groups is 2. The van der Waals surface area contributed by atoms with Crippen LogP contribution in [0, 0.1) is 17.0 Å². The van der Waals surface area contributed by atoms with E-state index in [1.165, 1.54) is 29.2 Å². The summed E-state index contributed by atoms with van der Waals surface area (Å²) in [5.41, 5.74) is 1.56. The summed E-state index contributed by atoms with van der Waals surface area (Å²) in [6.07, 6.45) is 0. The van der Waals surface area contributed by atoms with Crippen LogP contribution in [0.2, 0.25) is 0 Å². The molecule has 9 nitrogen and oxygen atoms in total. The van der Waals surface area contributed by atoms with Crippen LogP contribution < -0.4 is 0 Å². The number of ketones is 1. The lowest BCUT2D eigenvalue weighted by Gasteiger charge is -2.25. The van der Waals surface area contributed by atoms with Crippen molar-refractivity contribution in [2.24, 2.45) is 0 Å². The summed E-state index contributed by atoms with van der Waals surface area (Å²) < 4.78 is 5.25. The summed E-state index contributed by atoms with van der Waals surface area (Å²) >= 11 is 0. The van der Waals surface area contributed by atoms with Crippen molar-refractivity contribution in [1.29, 1.82) is 0 Å². The maximum Gasteiger partial charge on any atom is 0.295 e. The van der Waals surface area contributed by atoms with Crippen molar-refractivity contribution in [3.8, 4) is 0 Å². The molecule has 0 radical (unpaired) electrons. The molecule has 1 saturated heterocycles. The molecule has 1 atom stereocenters. The Bertz CT molecular complexity index is 1010. The molecule has 31 heavy (non-hydrogen) atoms. The maximum absolute atomic E-state index is 12.8. The van der Waals surface area contributed by atoms with Gasteiger partial charge in [-0.2, -0.15) is 0 Å². The van der Waals surface area contributed by atoms with Gasteiger partial charge in [0.05, 0.1) is 36.4 Å². The number of nitrogens with zero attached hydrogens (tertiary/aromatic N) is 2. The number of rotatable bonds is 8. The molecular weight excluding hydrogens is 404 g/mol. The van der Waals surface area contributed by atoms with Crippen LogP contribution in [0.5, 0.6) is 0 Å². The van der Waals surface area contributed by atoms with E-state index in [2.05, 4.69) is 0 Å². The van der Waals surface area contributed by atoms with Gasteiger partial charge in [0.2, 0.25) is 0 Å². The Balaban J connectivity index is 2.05. The van der Waals surface area contributed by atoms with E-state index in [-0.39, 0.29) is 43.2 Å². The van der Waals surface area contributed by atoms with Gasteiger partial charge in [-0.25, -0.2) is 0 Å². The lowest BCUT2D eigenvalue weighted by molar-refractivity contribution is -0.384. The number of carbonyl (C=O) groups excluding carboxylic acids is 2. The predicted octanol–water partition coefficient (Wildman–Crippen LogP) is 2.33. The first-order chi connectivity index (χ1) is 14.8. The fourth-order valence-electron chi connectivity index (χ4n) is 3.43. The van der Waals surface area contributed by atoms with Crippen LogP contribution in [0.15, 0.2) is 54.1 Å². The van der Waals surface area contributed by atoms with Crippen molar-refractivity contribution in [2.45, 2.75) is 13.0 Å². The molecule has 2 aromatic rings. The number of carbonyl (C=O) groups is 2. The normalized spacial score (nSPS) is 17.9. The Kier molecular flexibility index (Phi) is 6.78. The van der Waals surface area contributed by atoms with E-state index in [0.29, 0.717) is 5.56 Å². The number of non-ortho nitro benzene ring substituents is 1. The Morgan fingerprint density at radius 1 is 1.10 bits per heavy atom. The lowest BCUT2D eigenvalue weighted by atomic mass is 9.94. The summed E-state index contributed by atoms with van der Waals surface area (Å²) in [6, 6.07) is 11.5. The Labute approximate surface area is 178 Å².